The third-order valence-electron chi connectivity index (χ3n) is 3.80. The van der Waals surface area contributed by atoms with Gasteiger partial charge in [0.05, 0.1) is 18.9 Å². The molecule has 0 aliphatic rings. The van der Waals surface area contributed by atoms with Gasteiger partial charge in [0.1, 0.15) is 18.0 Å². The maximum atomic E-state index is 11.8. The first-order valence-corrected chi connectivity index (χ1v) is 9.85. The monoisotopic (exact) mass is 383 g/mol. The molecular formula is C18H17N5O3S. The summed E-state index contributed by atoms with van der Waals surface area (Å²) in [7, 11) is -1.97. The molecule has 27 heavy (non-hydrogen) atoms. The number of rotatable bonds is 5. The Morgan fingerprint density at radius 1 is 1.30 bits per heavy atom. The van der Waals surface area contributed by atoms with E-state index in [4.69, 9.17) is 10.00 Å². The van der Waals surface area contributed by atoms with Crippen LogP contribution in [-0.4, -0.2) is 41.5 Å². The third-order valence-corrected chi connectivity index (χ3v) is 4.66. The number of nitriles is 1. The van der Waals surface area contributed by atoms with Crippen molar-refractivity contribution in [3.63, 3.8) is 0 Å². The number of methoxy groups -OCH3 is 1. The number of hydrogen-bond acceptors (Lipinski definition) is 7. The van der Waals surface area contributed by atoms with Gasteiger partial charge in [0.15, 0.2) is 0 Å². The largest absolute Gasteiger partial charge is 0.497 e. The van der Waals surface area contributed by atoms with E-state index in [1.807, 2.05) is 31.2 Å². The zero-order chi connectivity index (χ0) is 19.6. The normalized spacial score (nSPS) is 11.2. The Morgan fingerprint density at radius 3 is 2.74 bits per heavy atom. The number of ether oxygens (including phenoxy) is 1. The van der Waals surface area contributed by atoms with E-state index in [0.29, 0.717) is 22.7 Å². The summed E-state index contributed by atoms with van der Waals surface area (Å²) in [4.78, 5) is 8.00. The molecule has 2 aromatic heterocycles. The first-order valence-electron chi connectivity index (χ1n) is 7.96. The summed E-state index contributed by atoms with van der Waals surface area (Å²) in [5.74, 6) is 0.672. The zero-order valence-electron chi connectivity index (χ0n) is 15.0. The lowest BCUT2D eigenvalue weighted by atomic mass is 10.0. The highest BCUT2D eigenvalue weighted by atomic mass is 32.2. The standard InChI is InChI=1S/C18H17N5O3S/c1-12-8-13(10-14(9-12)26-2)17-15(11-23(22-17)7-5-19)16-4-6-20-18(21-16)27(3,24)25/h4,6,8-11H,7H2,1-3H3. The summed E-state index contributed by atoms with van der Waals surface area (Å²) in [6, 6.07) is 9.31. The molecule has 1 aromatic carbocycles. The van der Waals surface area contributed by atoms with E-state index in [2.05, 4.69) is 15.1 Å². The Bertz CT molecular complexity index is 1150. The fourth-order valence-electron chi connectivity index (χ4n) is 2.65. The van der Waals surface area contributed by atoms with Crippen molar-refractivity contribution in [1.82, 2.24) is 19.7 Å². The summed E-state index contributed by atoms with van der Waals surface area (Å²) in [6.07, 6.45) is 4.11. The van der Waals surface area contributed by atoms with Crippen LogP contribution in [0.3, 0.4) is 0 Å². The molecule has 0 radical (unpaired) electrons. The highest BCUT2D eigenvalue weighted by Gasteiger charge is 2.18. The van der Waals surface area contributed by atoms with Crippen molar-refractivity contribution in [2.45, 2.75) is 18.6 Å². The highest BCUT2D eigenvalue weighted by Crippen LogP contribution is 2.33. The molecular weight excluding hydrogens is 366 g/mol. The van der Waals surface area contributed by atoms with Crippen LogP contribution in [0.2, 0.25) is 0 Å². The second kappa shape index (κ2) is 7.17. The van der Waals surface area contributed by atoms with Gasteiger partial charge in [0.25, 0.3) is 0 Å². The molecule has 3 rings (SSSR count). The minimum atomic E-state index is -3.55. The third kappa shape index (κ3) is 3.96. The molecule has 138 valence electrons. The van der Waals surface area contributed by atoms with Gasteiger partial charge in [-0.25, -0.2) is 18.4 Å². The molecule has 3 aromatic rings. The summed E-state index contributed by atoms with van der Waals surface area (Å²) in [5, 5.41) is 13.2. The van der Waals surface area contributed by atoms with Crippen molar-refractivity contribution in [2.75, 3.05) is 13.4 Å². The van der Waals surface area contributed by atoms with Gasteiger partial charge in [-0.2, -0.15) is 10.4 Å². The maximum absolute atomic E-state index is 11.8. The minimum Gasteiger partial charge on any atom is -0.497 e. The topological polar surface area (TPSA) is 111 Å². The van der Waals surface area contributed by atoms with Crippen LogP contribution in [0, 0.1) is 18.3 Å². The fraction of sp³-hybridized carbons (Fsp3) is 0.222. The zero-order valence-corrected chi connectivity index (χ0v) is 15.9. The summed E-state index contributed by atoms with van der Waals surface area (Å²) in [5.41, 5.74) is 3.34. The first kappa shape index (κ1) is 18.5. The number of aromatic nitrogens is 4. The summed E-state index contributed by atoms with van der Waals surface area (Å²) >= 11 is 0. The van der Waals surface area contributed by atoms with E-state index in [1.54, 1.807) is 19.4 Å². The molecule has 0 saturated carbocycles. The lowest BCUT2D eigenvalue weighted by Crippen LogP contribution is -2.04. The molecule has 0 amide bonds. The van der Waals surface area contributed by atoms with Crippen LogP contribution in [0.15, 0.2) is 41.8 Å². The van der Waals surface area contributed by atoms with Crippen LogP contribution >= 0.6 is 0 Å². The van der Waals surface area contributed by atoms with Gasteiger partial charge in [-0.1, -0.05) is 0 Å². The number of nitrogens with zero attached hydrogens (tertiary/aromatic N) is 5. The number of aryl methyl sites for hydroxylation is 1. The average molecular weight is 383 g/mol. The van der Waals surface area contributed by atoms with Crippen molar-refractivity contribution in [2.24, 2.45) is 0 Å². The molecule has 0 atom stereocenters. The molecule has 0 bridgehead atoms. The van der Waals surface area contributed by atoms with Crippen molar-refractivity contribution in [1.29, 1.82) is 5.26 Å². The second-order valence-corrected chi connectivity index (χ2v) is 7.89. The predicted molar refractivity (Wildman–Crippen MR) is 98.7 cm³/mol. The van der Waals surface area contributed by atoms with Crippen molar-refractivity contribution in [3.05, 3.63) is 42.2 Å². The molecule has 0 spiro atoms. The predicted octanol–water partition coefficient (Wildman–Crippen LogP) is 2.25. The highest BCUT2D eigenvalue weighted by molar-refractivity contribution is 7.90. The Hall–Kier alpha value is -3.25. The molecule has 2 heterocycles. The lowest BCUT2D eigenvalue weighted by Gasteiger charge is -2.07. The van der Waals surface area contributed by atoms with Crippen molar-refractivity contribution < 1.29 is 13.2 Å². The number of hydrogen-bond donors (Lipinski definition) is 0. The Morgan fingerprint density at radius 2 is 2.07 bits per heavy atom. The smallest absolute Gasteiger partial charge is 0.247 e. The van der Waals surface area contributed by atoms with E-state index in [1.165, 1.54) is 10.9 Å². The van der Waals surface area contributed by atoms with E-state index >= 15 is 0 Å². The van der Waals surface area contributed by atoms with Crippen molar-refractivity contribution in [3.8, 4) is 34.3 Å². The van der Waals surface area contributed by atoms with Gasteiger partial charge in [-0.05, 0) is 36.8 Å². The molecule has 9 heteroatoms. The van der Waals surface area contributed by atoms with Gasteiger partial charge < -0.3 is 4.74 Å². The van der Waals surface area contributed by atoms with Gasteiger partial charge in [-0.15, -0.1) is 0 Å². The Balaban J connectivity index is 2.23. The van der Waals surface area contributed by atoms with Crippen LogP contribution in [-0.2, 0) is 16.4 Å². The molecule has 0 fully saturated rings. The summed E-state index contributed by atoms with van der Waals surface area (Å²) in [6.45, 7) is 1.99. The van der Waals surface area contributed by atoms with E-state index in [-0.39, 0.29) is 11.7 Å². The van der Waals surface area contributed by atoms with Crippen LogP contribution < -0.4 is 4.74 Å². The first-order chi connectivity index (χ1) is 12.8. The number of sulfone groups is 1. The van der Waals surface area contributed by atoms with Gasteiger partial charge in [-0.3, -0.25) is 4.68 Å². The quantitative estimate of drug-likeness (QED) is 0.621. The lowest BCUT2D eigenvalue weighted by molar-refractivity contribution is 0.414. The SMILES string of the molecule is COc1cc(C)cc(-c2nn(CC#N)cc2-c2ccnc(S(C)(=O)=O)n2)c1. The summed E-state index contributed by atoms with van der Waals surface area (Å²) < 4.78 is 30.4. The van der Waals surface area contributed by atoms with Crippen molar-refractivity contribution >= 4 is 9.84 Å². The molecule has 0 N–H and O–H groups in total. The van der Waals surface area contributed by atoms with E-state index in [0.717, 1.165) is 17.4 Å². The van der Waals surface area contributed by atoms with Gasteiger partial charge in [0, 0.05) is 29.8 Å². The Labute approximate surface area is 157 Å². The maximum Gasteiger partial charge on any atom is 0.247 e. The van der Waals surface area contributed by atoms with E-state index < -0.39 is 9.84 Å². The minimum absolute atomic E-state index is 0.0555. The Kier molecular flexibility index (Phi) is 4.92. The van der Waals surface area contributed by atoms with Crippen LogP contribution in [0.25, 0.3) is 22.5 Å². The van der Waals surface area contributed by atoms with Crippen LogP contribution in [0.1, 0.15) is 5.56 Å². The molecule has 0 saturated heterocycles. The van der Waals surface area contributed by atoms with Crippen LogP contribution in [0.4, 0.5) is 0 Å². The molecule has 0 aliphatic heterocycles. The van der Waals surface area contributed by atoms with Gasteiger partial charge in [0.2, 0.25) is 15.0 Å². The average Bonchev–Trinajstić information content (AvgIpc) is 3.05. The molecule has 0 unspecified atom stereocenters. The van der Waals surface area contributed by atoms with Crippen LogP contribution in [0.5, 0.6) is 5.75 Å². The van der Waals surface area contributed by atoms with Gasteiger partial charge >= 0.3 is 0 Å². The molecule has 8 nitrogen and oxygen atoms in total. The second-order valence-electron chi connectivity index (χ2n) is 5.98. The van der Waals surface area contributed by atoms with E-state index in [9.17, 15) is 8.42 Å². The number of benzene rings is 1. The molecule has 0 aliphatic carbocycles. The fourth-order valence-corrected chi connectivity index (χ4v) is 3.16.